The van der Waals surface area contributed by atoms with Crippen molar-refractivity contribution < 1.29 is 13.6 Å². The van der Waals surface area contributed by atoms with Crippen molar-refractivity contribution in [3.63, 3.8) is 0 Å². The van der Waals surface area contributed by atoms with E-state index in [0.717, 1.165) is 18.2 Å². The number of halogens is 2. The van der Waals surface area contributed by atoms with E-state index in [4.69, 9.17) is 0 Å². The fraction of sp³-hybridized carbons (Fsp3) is 0.286. The van der Waals surface area contributed by atoms with E-state index in [1.807, 2.05) is 13.0 Å². The first-order valence-corrected chi connectivity index (χ1v) is 6.01. The molecule has 0 N–H and O–H groups in total. The summed E-state index contributed by atoms with van der Waals surface area (Å²) in [5.41, 5.74) is 1.50. The quantitative estimate of drug-likeness (QED) is 0.796. The zero-order valence-electron chi connectivity index (χ0n) is 10.8. The molecule has 0 bridgehead atoms. The zero-order valence-corrected chi connectivity index (χ0v) is 10.8. The van der Waals surface area contributed by atoms with Gasteiger partial charge in [-0.1, -0.05) is 6.92 Å². The first-order chi connectivity index (χ1) is 9.01. The number of carbonyl (C=O) groups excluding carboxylic acids is 1. The van der Waals surface area contributed by atoms with Gasteiger partial charge in [-0.15, -0.1) is 0 Å². The highest BCUT2D eigenvalue weighted by atomic mass is 19.1. The minimum absolute atomic E-state index is 0.0477. The van der Waals surface area contributed by atoms with Crippen LogP contribution in [0, 0.1) is 11.6 Å². The average molecular weight is 264 g/mol. The van der Waals surface area contributed by atoms with Crippen LogP contribution in [-0.2, 0) is 19.9 Å². The summed E-state index contributed by atoms with van der Waals surface area (Å²) in [6, 6.07) is 4.79. The van der Waals surface area contributed by atoms with Gasteiger partial charge in [0.1, 0.15) is 11.6 Å². The first-order valence-electron chi connectivity index (χ1n) is 6.01. The Morgan fingerprint density at radius 3 is 2.63 bits per heavy atom. The zero-order chi connectivity index (χ0) is 14.0. The second kappa shape index (κ2) is 5.30. The third-order valence-corrected chi connectivity index (χ3v) is 2.96. The normalized spacial score (nSPS) is 10.7. The smallest absolute Gasteiger partial charge is 0.171 e. The molecule has 0 fully saturated rings. The van der Waals surface area contributed by atoms with E-state index < -0.39 is 11.6 Å². The maximum Gasteiger partial charge on any atom is 0.171 e. The molecule has 0 aliphatic heterocycles. The number of Topliss-reactive ketones (excluding diaryl/α,β-unsaturated/α-hetero) is 1. The van der Waals surface area contributed by atoms with Crippen LogP contribution in [0.3, 0.4) is 0 Å². The molecule has 0 atom stereocenters. The Balaban J connectivity index is 2.23. The summed E-state index contributed by atoms with van der Waals surface area (Å²) in [5, 5.41) is 4.22. The molecule has 0 aliphatic rings. The monoisotopic (exact) mass is 264 g/mol. The van der Waals surface area contributed by atoms with Gasteiger partial charge in [-0.05, 0) is 24.6 Å². The number of rotatable bonds is 4. The Labute approximate surface area is 109 Å². The second-order valence-electron chi connectivity index (χ2n) is 4.33. The van der Waals surface area contributed by atoms with Crippen LogP contribution < -0.4 is 0 Å². The minimum atomic E-state index is -0.831. The van der Waals surface area contributed by atoms with E-state index >= 15 is 0 Å². The van der Waals surface area contributed by atoms with Crippen molar-refractivity contribution in [3.8, 4) is 0 Å². The molecular formula is C14H14F2N2O. The van der Waals surface area contributed by atoms with Crippen molar-refractivity contribution in [1.29, 1.82) is 0 Å². The van der Waals surface area contributed by atoms with Gasteiger partial charge < -0.3 is 0 Å². The molecular weight excluding hydrogens is 250 g/mol. The van der Waals surface area contributed by atoms with Crippen molar-refractivity contribution in [2.24, 2.45) is 7.05 Å². The summed E-state index contributed by atoms with van der Waals surface area (Å²) >= 11 is 0. The summed E-state index contributed by atoms with van der Waals surface area (Å²) in [6.07, 6.45) is 0.818. The molecule has 0 radical (unpaired) electrons. The van der Waals surface area contributed by atoms with E-state index in [1.54, 1.807) is 11.7 Å². The maximum atomic E-state index is 13.5. The van der Waals surface area contributed by atoms with Gasteiger partial charge in [0.15, 0.2) is 5.78 Å². The van der Waals surface area contributed by atoms with Gasteiger partial charge in [0.2, 0.25) is 0 Å². The molecule has 5 heteroatoms. The van der Waals surface area contributed by atoms with E-state index in [1.165, 1.54) is 6.07 Å². The second-order valence-corrected chi connectivity index (χ2v) is 4.33. The highest BCUT2D eigenvalue weighted by Gasteiger charge is 2.15. The fourth-order valence-electron chi connectivity index (χ4n) is 1.89. The highest BCUT2D eigenvalue weighted by molar-refractivity contribution is 5.97. The molecule has 100 valence electrons. The van der Waals surface area contributed by atoms with Crippen LogP contribution in [0.2, 0.25) is 0 Å². The highest BCUT2D eigenvalue weighted by Crippen LogP contribution is 2.14. The fourth-order valence-corrected chi connectivity index (χ4v) is 1.89. The van der Waals surface area contributed by atoms with Gasteiger partial charge >= 0.3 is 0 Å². The Bertz CT molecular complexity index is 620. The summed E-state index contributed by atoms with van der Waals surface area (Å²) in [4.78, 5) is 12.0. The number of hydrogen-bond donors (Lipinski definition) is 0. The van der Waals surface area contributed by atoms with Crippen LogP contribution in [0.5, 0.6) is 0 Å². The standard InChI is InChI=1S/C14H14F2N2O/c1-3-10-7-11(18(2)17-10)8-14(19)12-5-4-9(15)6-13(12)16/h4-7H,3,8H2,1-2H3. The number of carbonyl (C=O) groups is 1. The number of ketones is 1. The Hall–Kier alpha value is -2.04. The van der Waals surface area contributed by atoms with Crippen molar-refractivity contribution in [1.82, 2.24) is 9.78 Å². The van der Waals surface area contributed by atoms with Gasteiger partial charge in [0.25, 0.3) is 0 Å². The maximum absolute atomic E-state index is 13.5. The predicted octanol–water partition coefficient (Wildman–Crippen LogP) is 2.69. The van der Waals surface area contributed by atoms with Crippen molar-refractivity contribution in [3.05, 3.63) is 52.9 Å². The summed E-state index contributed by atoms with van der Waals surface area (Å²) in [6.45, 7) is 1.97. The molecule has 1 heterocycles. The third kappa shape index (κ3) is 2.86. The average Bonchev–Trinajstić information content (AvgIpc) is 2.70. The van der Waals surface area contributed by atoms with Crippen LogP contribution in [-0.4, -0.2) is 15.6 Å². The molecule has 0 saturated heterocycles. The number of aryl methyl sites for hydroxylation is 2. The van der Waals surface area contributed by atoms with Gasteiger partial charge in [0.05, 0.1) is 17.7 Å². The number of benzene rings is 1. The third-order valence-electron chi connectivity index (χ3n) is 2.96. The Morgan fingerprint density at radius 1 is 1.32 bits per heavy atom. The SMILES string of the molecule is CCc1cc(CC(=O)c2ccc(F)cc2F)n(C)n1. The van der Waals surface area contributed by atoms with Crippen LogP contribution in [0.25, 0.3) is 0 Å². The van der Waals surface area contributed by atoms with Gasteiger partial charge in [-0.25, -0.2) is 8.78 Å². The topological polar surface area (TPSA) is 34.9 Å². The van der Waals surface area contributed by atoms with Crippen LogP contribution in [0.1, 0.15) is 28.7 Å². The molecule has 0 aliphatic carbocycles. The molecule has 0 amide bonds. The predicted molar refractivity (Wildman–Crippen MR) is 67.0 cm³/mol. The van der Waals surface area contributed by atoms with E-state index in [2.05, 4.69) is 5.10 Å². The molecule has 0 saturated carbocycles. The molecule has 0 unspecified atom stereocenters. The molecule has 2 aromatic rings. The lowest BCUT2D eigenvalue weighted by atomic mass is 10.1. The van der Waals surface area contributed by atoms with Crippen molar-refractivity contribution in [2.45, 2.75) is 19.8 Å². The molecule has 19 heavy (non-hydrogen) atoms. The van der Waals surface area contributed by atoms with Crippen LogP contribution in [0.4, 0.5) is 8.78 Å². The Morgan fingerprint density at radius 2 is 2.05 bits per heavy atom. The summed E-state index contributed by atoms with van der Waals surface area (Å²) < 4.78 is 27.9. The van der Waals surface area contributed by atoms with Crippen LogP contribution >= 0.6 is 0 Å². The van der Waals surface area contributed by atoms with Crippen molar-refractivity contribution >= 4 is 5.78 Å². The van der Waals surface area contributed by atoms with Gasteiger partial charge in [-0.3, -0.25) is 9.48 Å². The van der Waals surface area contributed by atoms with Gasteiger partial charge in [0, 0.05) is 18.8 Å². The van der Waals surface area contributed by atoms with E-state index in [-0.39, 0.29) is 17.8 Å². The molecule has 3 nitrogen and oxygen atoms in total. The lowest BCUT2D eigenvalue weighted by Crippen LogP contribution is -2.09. The number of hydrogen-bond acceptors (Lipinski definition) is 2. The van der Waals surface area contributed by atoms with Crippen LogP contribution in [0.15, 0.2) is 24.3 Å². The molecule has 1 aromatic heterocycles. The van der Waals surface area contributed by atoms with Crippen molar-refractivity contribution in [2.75, 3.05) is 0 Å². The number of aromatic nitrogens is 2. The van der Waals surface area contributed by atoms with E-state index in [9.17, 15) is 13.6 Å². The molecule has 0 spiro atoms. The lowest BCUT2D eigenvalue weighted by Gasteiger charge is -2.03. The summed E-state index contributed by atoms with van der Waals surface area (Å²) in [5.74, 6) is -1.91. The molecule has 2 rings (SSSR count). The minimum Gasteiger partial charge on any atom is -0.294 e. The summed E-state index contributed by atoms with van der Waals surface area (Å²) in [7, 11) is 1.74. The van der Waals surface area contributed by atoms with Gasteiger partial charge in [-0.2, -0.15) is 5.10 Å². The Kier molecular flexibility index (Phi) is 3.74. The number of nitrogens with zero attached hydrogens (tertiary/aromatic N) is 2. The first kappa shape index (κ1) is 13.4. The van der Waals surface area contributed by atoms with E-state index in [0.29, 0.717) is 11.8 Å². The molecule has 1 aromatic carbocycles. The lowest BCUT2D eigenvalue weighted by molar-refractivity contribution is 0.0987. The largest absolute Gasteiger partial charge is 0.294 e.